The van der Waals surface area contributed by atoms with E-state index in [2.05, 4.69) is 35.1 Å². The van der Waals surface area contributed by atoms with Crippen molar-refractivity contribution in [3.8, 4) is 0 Å². The van der Waals surface area contributed by atoms with Crippen LogP contribution in [0.5, 0.6) is 0 Å². The van der Waals surface area contributed by atoms with Crippen LogP contribution in [0.2, 0.25) is 0 Å². The summed E-state index contributed by atoms with van der Waals surface area (Å²) in [6.07, 6.45) is 2.44. The maximum Gasteiger partial charge on any atom is 0.224 e. The van der Waals surface area contributed by atoms with Crippen LogP contribution in [0.3, 0.4) is 0 Å². The monoisotopic (exact) mass is 326 g/mol. The fourth-order valence-corrected chi connectivity index (χ4v) is 2.53. The lowest BCUT2D eigenvalue weighted by atomic mass is 9.88. The minimum Gasteiger partial charge on any atom is -0.330 e. The standard InChI is InChI=1S/C15H23BrN2O/c1-11(2)12(8-9-17)6-7-15(19)18-14-5-3-4-13(16)10-14/h3-5,10-12H,6-9,17H2,1-2H3,(H,18,19). The molecule has 0 heterocycles. The summed E-state index contributed by atoms with van der Waals surface area (Å²) in [7, 11) is 0. The van der Waals surface area contributed by atoms with Crippen LogP contribution in [-0.4, -0.2) is 12.5 Å². The van der Waals surface area contributed by atoms with Crippen molar-refractivity contribution in [2.45, 2.75) is 33.1 Å². The van der Waals surface area contributed by atoms with Gasteiger partial charge >= 0.3 is 0 Å². The number of amides is 1. The first-order valence-electron chi connectivity index (χ1n) is 6.78. The van der Waals surface area contributed by atoms with Crippen molar-refractivity contribution in [3.63, 3.8) is 0 Å². The van der Waals surface area contributed by atoms with E-state index in [-0.39, 0.29) is 5.91 Å². The van der Waals surface area contributed by atoms with Crippen LogP contribution in [0.1, 0.15) is 33.1 Å². The van der Waals surface area contributed by atoms with Crippen molar-refractivity contribution >= 4 is 27.5 Å². The topological polar surface area (TPSA) is 55.1 Å². The second-order valence-corrected chi connectivity index (χ2v) is 6.09. The van der Waals surface area contributed by atoms with Gasteiger partial charge in [0.15, 0.2) is 0 Å². The third-order valence-corrected chi connectivity index (χ3v) is 3.82. The van der Waals surface area contributed by atoms with E-state index in [1.807, 2.05) is 24.3 Å². The number of nitrogens with two attached hydrogens (primary N) is 1. The highest BCUT2D eigenvalue weighted by atomic mass is 79.9. The number of nitrogens with one attached hydrogen (secondary N) is 1. The van der Waals surface area contributed by atoms with E-state index in [1.54, 1.807) is 0 Å². The molecule has 1 amide bonds. The van der Waals surface area contributed by atoms with Crippen LogP contribution < -0.4 is 11.1 Å². The first-order chi connectivity index (χ1) is 9.02. The first-order valence-corrected chi connectivity index (χ1v) is 7.57. The molecule has 1 unspecified atom stereocenters. The van der Waals surface area contributed by atoms with Gasteiger partial charge in [-0.15, -0.1) is 0 Å². The molecule has 0 radical (unpaired) electrons. The number of halogens is 1. The van der Waals surface area contributed by atoms with Crippen LogP contribution in [-0.2, 0) is 4.79 Å². The molecule has 106 valence electrons. The molecule has 0 aliphatic heterocycles. The number of benzene rings is 1. The van der Waals surface area contributed by atoms with Crippen molar-refractivity contribution in [2.24, 2.45) is 17.6 Å². The Labute approximate surface area is 124 Å². The smallest absolute Gasteiger partial charge is 0.224 e. The molecule has 4 heteroatoms. The minimum absolute atomic E-state index is 0.0702. The maximum atomic E-state index is 11.9. The van der Waals surface area contributed by atoms with E-state index in [0.29, 0.717) is 24.8 Å². The lowest BCUT2D eigenvalue weighted by Gasteiger charge is -2.19. The van der Waals surface area contributed by atoms with Crippen molar-refractivity contribution in [2.75, 3.05) is 11.9 Å². The molecule has 1 rings (SSSR count). The van der Waals surface area contributed by atoms with Crippen LogP contribution in [0.15, 0.2) is 28.7 Å². The lowest BCUT2D eigenvalue weighted by molar-refractivity contribution is -0.116. The molecule has 3 N–H and O–H groups in total. The quantitative estimate of drug-likeness (QED) is 0.800. The summed E-state index contributed by atoms with van der Waals surface area (Å²) >= 11 is 3.39. The highest BCUT2D eigenvalue weighted by Gasteiger charge is 2.14. The Hall–Kier alpha value is -0.870. The number of anilines is 1. The Morgan fingerprint density at radius 1 is 1.37 bits per heavy atom. The van der Waals surface area contributed by atoms with E-state index in [9.17, 15) is 4.79 Å². The molecule has 1 atom stereocenters. The molecule has 1 aromatic rings. The van der Waals surface area contributed by atoms with Crippen LogP contribution >= 0.6 is 15.9 Å². The molecule has 1 aromatic carbocycles. The summed E-state index contributed by atoms with van der Waals surface area (Å²) in [5.74, 6) is 1.17. The Balaban J connectivity index is 2.42. The van der Waals surface area contributed by atoms with Crippen molar-refractivity contribution in [3.05, 3.63) is 28.7 Å². The molecule has 0 aromatic heterocycles. The molecule has 3 nitrogen and oxygen atoms in total. The first kappa shape index (κ1) is 16.2. The zero-order chi connectivity index (χ0) is 14.3. The highest BCUT2D eigenvalue weighted by Crippen LogP contribution is 2.21. The molecule has 0 fully saturated rings. The minimum atomic E-state index is 0.0702. The van der Waals surface area contributed by atoms with E-state index < -0.39 is 0 Å². The highest BCUT2D eigenvalue weighted by molar-refractivity contribution is 9.10. The lowest BCUT2D eigenvalue weighted by Crippen LogP contribution is -2.18. The SMILES string of the molecule is CC(C)C(CCN)CCC(=O)Nc1cccc(Br)c1. The largest absolute Gasteiger partial charge is 0.330 e. The average Bonchev–Trinajstić information content (AvgIpc) is 2.34. The normalized spacial score (nSPS) is 12.5. The predicted molar refractivity (Wildman–Crippen MR) is 84.0 cm³/mol. The van der Waals surface area contributed by atoms with Crippen molar-refractivity contribution in [1.29, 1.82) is 0 Å². The van der Waals surface area contributed by atoms with Gasteiger partial charge in [0, 0.05) is 16.6 Å². The zero-order valence-corrected chi connectivity index (χ0v) is 13.2. The maximum absolute atomic E-state index is 11.9. The molecular weight excluding hydrogens is 304 g/mol. The van der Waals surface area contributed by atoms with Gasteiger partial charge in [0.2, 0.25) is 5.91 Å². The van der Waals surface area contributed by atoms with Gasteiger partial charge in [-0.2, -0.15) is 0 Å². The van der Waals surface area contributed by atoms with E-state index in [0.717, 1.165) is 23.0 Å². The molecule has 0 spiro atoms. The van der Waals surface area contributed by atoms with E-state index in [4.69, 9.17) is 5.73 Å². The zero-order valence-electron chi connectivity index (χ0n) is 11.7. The van der Waals surface area contributed by atoms with Gasteiger partial charge in [-0.25, -0.2) is 0 Å². The van der Waals surface area contributed by atoms with Crippen molar-refractivity contribution < 1.29 is 4.79 Å². The summed E-state index contributed by atoms with van der Waals surface area (Å²) in [6.45, 7) is 5.06. The van der Waals surface area contributed by atoms with Crippen molar-refractivity contribution in [1.82, 2.24) is 0 Å². The average molecular weight is 327 g/mol. The van der Waals surface area contributed by atoms with Gasteiger partial charge in [-0.05, 0) is 49.4 Å². The number of hydrogen-bond acceptors (Lipinski definition) is 2. The van der Waals surface area contributed by atoms with E-state index >= 15 is 0 Å². The molecular formula is C15H23BrN2O. The molecule has 0 saturated heterocycles. The van der Waals surface area contributed by atoms with Gasteiger partial charge in [-0.3, -0.25) is 4.79 Å². The molecule has 0 aliphatic carbocycles. The number of hydrogen-bond donors (Lipinski definition) is 2. The Bertz CT molecular complexity index is 407. The summed E-state index contributed by atoms with van der Waals surface area (Å²) < 4.78 is 0.966. The number of rotatable bonds is 7. The van der Waals surface area contributed by atoms with Crippen LogP contribution in [0.25, 0.3) is 0 Å². The second kappa shape index (κ2) is 8.33. The predicted octanol–water partition coefficient (Wildman–Crippen LogP) is 3.79. The number of carbonyl (C=O) groups excluding carboxylic acids is 1. The summed E-state index contributed by atoms with van der Waals surface area (Å²) in [6, 6.07) is 7.64. The molecule has 19 heavy (non-hydrogen) atoms. The fourth-order valence-electron chi connectivity index (χ4n) is 2.13. The van der Waals surface area contributed by atoms with Gasteiger partial charge < -0.3 is 11.1 Å². The molecule has 0 bridgehead atoms. The number of carbonyl (C=O) groups is 1. The summed E-state index contributed by atoms with van der Waals surface area (Å²) in [4.78, 5) is 11.9. The van der Waals surface area contributed by atoms with Gasteiger partial charge in [0.25, 0.3) is 0 Å². The third kappa shape index (κ3) is 6.21. The van der Waals surface area contributed by atoms with Gasteiger partial charge in [-0.1, -0.05) is 35.8 Å². The third-order valence-electron chi connectivity index (χ3n) is 3.33. The van der Waals surface area contributed by atoms with E-state index in [1.165, 1.54) is 0 Å². The van der Waals surface area contributed by atoms with Gasteiger partial charge in [0.1, 0.15) is 0 Å². The Morgan fingerprint density at radius 3 is 2.68 bits per heavy atom. The van der Waals surface area contributed by atoms with Crippen LogP contribution in [0, 0.1) is 11.8 Å². The summed E-state index contributed by atoms with van der Waals surface area (Å²) in [5.41, 5.74) is 6.44. The van der Waals surface area contributed by atoms with Crippen LogP contribution in [0.4, 0.5) is 5.69 Å². The Kier molecular flexibility index (Phi) is 7.10. The second-order valence-electron chi connectivity index (χ2n) is 5.18. The Morgan fingerprint density at radius 2 is 2.11 bits per heavy atom. The van der Waals surface area contributed by atoms with Gasteiger partial charge in [0.05, 0.1) is 0 Å². The summed E-state index contributed by atoms with van der Waals surface area (Å²) in [5, 5.41) is 2.92. The molecule has 0 aliphatic rings. The molecule has 0 saturated carbocycles. The fraction of sp³-hybridized carbons (Fsp3) is 0.533.